The molecule has 0 aliphatic carbocycles. The molecule has 0 bridgehead atoms. The quantitative estimate of drug-likeness (QED) is 0.687. The highest BCUT2D eigenvalue weighted by Crippen LogP contribution is 1.90. The maximum absolute atomic E-state index is 11.4. The molecule has 0 aliphatic heterocycles. The second-order valence-electron chi connectivity index (χ2n) is 3.67. The van der Waals surface area contributed by atoms with Crippen molar-refractivity contribution < 1.29 is 4.79 Å². The Labute approximate surface area is 89.9 Å². The first kappa shape index (κ1) is 11.7. The molecule has 0 saturated carbocycles. The van der Waals surface area contributed by atoms with Crippen LogP contribution in [0.25, 0.3) is 0 Å². The van der Waals surface area contributed by atoms with Gasteiger partial charge in [0, 0.05) is 18.9 Å². The number of aromatic nitrogens is 2. The largest absolute Gasteiger partial charge is 0.354 e. The first-order valence-electron chi connectivity index (χ1n) is 5.11. The average molecular weight is 210 g/mol. The van der Waals surface area contributed by atoms with Crippen molar-refractivity contribution >= 4 is 5.91 Å². The number of hydrogen-bond donors (Lipinski definition) is 2. The molecular formula is C10H18N4O. The van der Waals surface area contributed by atoms with Gasteiger partial charge in [0.25, 0.3) is 0 Å². The Morgan fingerprint density at radius 3 is 2.93 bits per heavy atom. The van der Waals surface area contributed by atoms with Crippen LogP contribution in [0.3, 0.4) is 0 Å². The molecule has 1 aromatic heterocycles. The fourth-order valence-electron chi connectivity index (χ4n) is 1.31. The summed E-state index contributed by atoms with van der Waals surface area (Å²) in [7, 11) is 1.90. The first-order chi connectivity index (χ1) is 7.22. The number of nitrogens with zero attached hydrogens (tertiary/aromatic N) is 2. The van der Waals surface area contributed by atoms with Crippen LogP contribution < -0.4 is 10.6 Å². The second kappa shape index (κ2) is 6.19. The molecule has 5 nitrogen and oxygen atoms in total. The van der Waals surface area contributed by atoms with Gasteiger partial charge in [0.2, 0.25) is 5.91 Å². The van der Waals surface area contributed by atoms with Crippen LogP contribution >= 0.6 is 0 Å². The van der Waals surface area contributed by atoms with Crippen molar-refractivity contribution in [2.45, 2.75) is 13.5 Å². The third-order valence-electron chi connectivity index (χ3n) is 2.07. The molecule has 0 aromatic carbocycles. The summed E-state index contributed by atoms with van der Waals surface area (Å²) in [6.45, 7) is 3.98. The first-order valence-corrected chi connectivity index (χ1v) is 5.11. The molecule has 1 atom stereocenters. The van der Waals surface area contributed by atoms with Gasteiger partial charge < -0.3 is 10.6 Å². The van der Waals surface area contributed by atoms with Crippen LogP contribution in [0.4, 0.5) is 0 Å². The lowest BCUT2D eigenvalue weighted by molar-refractivity contribution is -0.122. The predicted molar refractivity (Wildman–Crippen MR) is 58.3 cm³/mol. The van der Waals surface area contributed by atoms with Crippen molar-refractivity contribution in [3.8, 4) is 0 Å². The van der Waals surface area contributed by atoms with Crippen molar-refractivity contribution in [2.24, 2.45) is 5.92 Å². The number of rotatable bonds is 6. The Kier molecular flexibility index (Phi) is 4.83. The lowest BCUT2D eigenvalue weighted by Gasteiger charge is -2.11. The summed E-state index contributed by atoms with van der Waals surface area (Å²) in [5.74, 6) is 0.443. The van der Waals surface area contributed by atoms with Crippen LogP contribution in [-0.2, 0) is 11.3 Å². The SMILES string of the molecule is CNCC(C)CNC(=O)Cn1cccn1. The molecule has 1 heterocycles. The number of hydrogen-bond acceptors (Lipinski definition) is 3. The van der Waals surface area contributed by atoms with E-state index in [1.807, 2.05) is 7.05 Å². The third-order valence-corrected chi connectivity index (χ3v) is 2.07. The minimum absolute atomic E-state index is 0.00153. The molecule has 1 aromatic rings. The van der Waals surface area contributed by atoms with Crippen molar-refractivity contribution in [2.75, 3.05) is 20.1 Å². The van der Waals surface area contributed by atoms with E-state index in [4.69, 9.17) is 0 Å². The highest BCUT2D eigenvalue weighted by atomic mass is 16.2. The van der Waals surface area contributed by atoms with E-state index in [2.05, 4.69) is 22.7 Å². The molecule has 1 unspecified atom stereocenters. The van der Waals surface area contributed by atoms with Gasteiger partial charge in [-0.25, -0.2) is 0 Å². The average Bonchev–Trinajstić information content (AvgIpc) is 2.68. The fourth-order valence-corrected chi connectivity index (χ4v) is 1.31. The van der Waals surface area contributed by atoms with Gasteiger partial charge in [0.15, 0.2) is 0 Å². The monoisotopic (exact) mass is 210 g/mol. The van der Waals surface area contributed by atoms with Crippen molar-refractivity contribution in [3.05, 3.63) is 18.5 Å². The topological polar surface area (TPSA) is 58.9 Å². The van der Waals surface area contributed by atoms with E-state index in [0.29, 0.717) is 19.0 Å². The van der Waals surface area contributed by atoms with Gasteiger partial charge in [-0.3, -0.25) is 9.48 Å². The standard InChI is InChI=1S/C10H18N4O/c1-9(6-11-2)7-12-10(15)8-14-5-3-4-13-14/h3-5,9,11H,6-8H2,1-2H3,(H,12,15). The van der Waals surface area contributed by atoms with Gasteiger partial charge in [-0.15, -0.1) is 0 Å². The van der Waals surface area contributed by atoms with E-state index in [9.17, 15) is 4.79 Å². The van der Waals surface area contributed by atoms with Gasteiger partial charge in [-0.2, -0.15) is 5.10 Å². The Morgan fingerprint density at radius 2 is 2.33 bits per heavy atom. The number of amides is 1. The van der Waals surface area contributed by atoms with Crippen LogP contribution in [0.2, 0.25) is 0 Å². The zero-order valence-corrected chi connectivity index (χ0v) is 9.23. The van der Waals surface area contributed by atoms with Crippen molar-refractivity contribution in [3.63, 3.8) is 0 Å². The zero-order chi connectivity index (χ0) is 11.1. The highest BCUT2D eigenvalue weighted by Gasteiger charge is 2.05. The van der Waals surface area contributed by atoms with Crippen molar-refractivity contribution in [1.29, 1.82) is 0 Å². The van der Waals surface area contributed by atoms with E-state index >= 15 is 0 Å². The summed E-state index contributed by atoms with van der Waals surface area (Å²) in [6.07, 6.45) is 3.44. The minimum Gasteiger partial charge on any atom is -0.354 e. The molecule has 2 N–H and O–H groups in total. The van der Waals surface area contributed by atoms with E-state index in [1.165, 1.54) is 0 Å². The van der Waals surface area contributed by atoms with E-state index < -0.39 is 0 Å². The molecule has 0 saturated heterocycles. The van der Waals surface area contributed by atoms with Gasteiger partial charge in [0.1, 0.15) is 6.54 Å². The molecule has 5 heteroatoms. The molecule has 84 valence electrons. The summed E-state index contributed by atoms with van der Waals surface area (Å²) in [5.41, 5.74) is 0. The molecular weight excluding hydrogens is 192 g/mol. The lowest BCUT2D eigenvalue weighted by atomic mass is 10.2. The molecule has 1 rings (SSSR count). The summed E-state index contributed by atoms with van der Waals surface area (Å²) in [5, 5.41) is 9.90. The highest BCUT2D eigenvalue weighted by molar-refractivity contribution is 5.75. The molecule has 15 heavy (non-hydrogen) atoms. The van der Waals surface area contributed by atoms with Gasteiger partial charge in [0.05, 0.1) is 0 Å². The van der Waals surface area contributed by atoms with Gasteiger partial charge in [-0.05, 0) is 25.6 Å². The van der Waals surface area contributed by atoms with Gasteiger partial charge >= 0.3 is 0 Å². The lowest BCUT2D eigenvalue weighted by Crippen LogP contribution is -2.34. The summed E-state index contributed by atoms with van der Waals surface area (Å²) < 4.78 is 1.61. The minimum atomic E-state index is 0.00153. The van der Waals surface area contributed by atoms with E-state index in [1.54, 1.807) is 23.1 Å². The fraction of sp³-hybridized carbons (Fsp3) is 0.600. The molecule has 0 spiro atoms. The van der Waals surface area contributed by atoms with Crippen molar-refractivity contribution in [1.82, 2.24) is 20.4 Å². The van der Waals surface area contributed by atoms with E-state index in [-0.39, 0.29) is 5.91 Å². The number of carbonyl (C=O) groups is 1. The van der Waals surface area contributed by atoms with Crippen LogP contribution in [0, 0.1) is 5.92 Å². The Bertz CT molecular complexity index is 284. The number of carbonyl (C=O) groups excluding carboxylic acids is 1. The zero-order valence-electron chi connectivity index (χ0n) is 9.23. The van der Waals surface area contributed by atoms with Crippen LogP contribution in [0.5, 0.6) is 0 Å². The molecule has 1 amide bonds. The predicted octanol–water partition coefficient (Wildman–Crippen LogP) is -0.145. The normalized spacial score (nSPS) is 12.4. The summed E-state index contributed by atoms with van der Waals surface area (Å²) in [4.78, 5) is 11.4. The van der Waals surface area contributed by atoms with Crippen LogP contribution in [-0.4, -0.2) is 35.8 Å². The molecule has 0 radical (unpaired) electrons. The molecule has 0 fully saturated rings. The Morgan fingerprint density at radius 1 is 1.53 bits per heavy atom. The smallest absolute Gasteiger partial charge is 0.241 e. The number of nitrogens with one attached hydrogen (secondary N) is 2. The maximum Gasteiger partial charge on any atom is 0.241 e. The van der Waals surface area contributed by atoms with Gasteiger partial charge in [-0.1, -0.05) is 6.92 Å². The second-order valence-corrected chi connectivity index (χ2v) is 3.67. The maximum atomic E-state index is 11.4. The molecule has 0 aliphatic rings. The third kappa shape index (κ3) is 4.60. The van der Waals surface area contributed by atoms with Crippen LogP contribution in [0.15, 0.2) is 18.5 Å². The Balaban J connectivity index is 2.19. The summed E-state index contributed by atoms with van der Waals surface area (Å²) in [6, 6.07) is 1.80. The summed E-state index contributed by atoms with van der Waals surface area (Å²) >= 11 is 0. The Hall–Kier alpha value is -1.36. The van der Waals surface area contributed by atoms with Crippen LogP contribution in [0.1, 0.15) is 6.92 Å². The van der Waals surface area contributed by atoms with E-state index in [0.717, 1.165) is 6.54 Å².